The fraction of sp³-hybridized carbons (Fsp3) is 0.172. The van der Waals surface area contributed by atoms with Gasteiger partial charge < -0.3 is 25.0 Å². The van der Waals surface area contributed by atoms with E-state index in [2.05, 4.69) is 27.1 Å². The number of aliphatic carboxylic acids is 2. The summed E-state index contributed by atoms with van der Waals surface area (Å²) in [7, 11) is 2.09. The van der Waals surface area contributed by atoms with Gasteiger partial charge in [-0.25, -0.2) is 19.6 Å². The Morgan fingerprint density at radius 1 is 0.829 bits per heavy atom. The van der Waals surface area contributed by atoms with E-state index in [1.54, 1.807) is 6.20 Å². The van der Waals surface area contributed by atoms with Crippen molar-refractivity contribution >= 4 is 62.7 Å². The summed E-state index contributed by atoms with van der Waals surface area (Å²) >= 11 is 0. The first-order valence-corrected chi connectivity index (χ1v) is 12.7. The maximum Gasteiger partial charge on any atom is 0.328 e. The SMILES string of the molecule is CN1CCN(c2nc(C3=C(c4c[nH]c5ccccc45)C(=O)NC3=O)c3ccccc3n2)CC1.O=C(O)/C=C/C(=O)O. The van der Waals surface area contributed by atoms with Crippen LogP contribution in [0.15, 0.2) is 66.9 Å². The van der Waals surface area contributed by atoms with Gasteiger partial charge in [0.05, 0.1) is 22.4 Å². The Labute approximate surface area is 233 Å². The van der Waals surface area contributed by atoms with Crippen LogP contribution in [0.3, 0.4) is 0 Å². The van der Waals surface area contributed by atoms with Crippen LogP contribution in [0.25, 0.3) is 33.0 Å². The van der Waals surface area contributed by atoms with Gasteiger partial charge in [-0.2, -0.15) is 0 Å². The number of fused-ring (bicyclic) bond motifs is 2. The van der Waals surface area contributed by atoms with Gasteiger partial charge >= 0.3 is 11.9 Å². The highest BCUT2D eigenvalue weighted by Gasteiger charge is 2.35. The highest BCUT2D eigenvalue weighted by Crippen LogP contribution is 2.37. The number of hydrogen-bond acceptors (Lipinski definition) is 8. The molecule has 12 heteroatoms. The molecule has 0 atom stereocenters. The molecule has 2 amide bonds. The number of anilines is 1. The van der Waals surface area contributed by atoms with Crippen molar-refractivity contribution < 1.29 is 29.4 Å². The Kier molecular flexibility index (Phi) is 7.57. The van der Waals surface area contributed by atoms with E-state index in [9.17, 15) is 19.2 Å². The van der Waals surface area contributed by atoms with Gasteiger partial charge in [-0.1, -0.05) is 36.4 Å². The van der Waals surface area contributed by atoms with E-state index in [-0.39, 0.29) is 0 Å². The number of aromatic amines is 1. The Morgan fingerprint density at radius 3 is 2.12 bits per heavy atom. The zero-order valence-corrected chi connectivity index (χ0v) is 22.0. The number of para-hydroxylation sites is 2. The number of likely N-dealkylation sites (N-methyl/N-ethyl adjacent to an activating group) is 1. The zero-order valence-electron chi connectivity index (χ0n) is 22.0. The Balaban J connectivity index is 0.000000372. The highest BCUT2D eigenvalue weighted by molar-refractivity contribution is 6.50. The lowest BCUT2D eigenvalue weighted by atomic mass is 9.97. The number of nitrogens with one attached hydrogen (secondary N) is 2. The normalized spacial score (nSPS) is 15.9. The van der Waals surface area contributed by atoms with E-state index >= 15 is 0 Å². The standard InChI is InChI=1S/C25H22N6O2.C4H4O4/c1-30-10-12-31(13-11-30)25-27-19-9-5-3-7-16(19)22(28-25)21-20(23(32)29-24(21)33)17-14-26-18-8-4-2-6-15(17)18;5-3(6)1-2-4(7)8/h2-9,14,26H,10-13H2,1H3,(H,29,32,33);1-2H,(H,5,6)(H,7,8)/b;2-1+. The summed E-state index contributed by atoms with van der Waals surface area (Å²) in [6, 6.07) is 15.4. The van der Waals surface area contributed by atoms with E-state index in [4.69, 9.17) is 20.2 Å². The van der Waals surface area contributed by atoms with Gasteiger partial charge in [-0.3, -0.25) is 14.9 Å². The van der Waals surface area contributed by atoms with E-state index < -0.39 is 23.8 Å². The molecular formula is C29H26N6O6. The molecule has 0 aliphatic carbocycles. The van der Waals surface area contributed by atoms with E-state index in [0.717, 1.165) is 48.0 Å². The van der Waals surface area contributed by atoms with E-state index in [1.807, 2.05) is 48.5 Å². The zero-order chi connectivity index (χ0) is 29.1. The number of amides is 2. The van der Waals surface area contributed by atoms with Gasteiger partial charge in [-0.15, -0.1) is 0 Å². The summed E-state index contributed by atoms with van der Waals surface area (Å²) in [6.45, 7) is 3.42. The lowest BCUT2D eigenvalue weighted by Gasteiger charge is -2.32. The highest BCUT2D eigenvalue weighted by atomic mass is 16.4. The first kappa shape index (κ1) is 27.2. The molecule has 1 saturated heterocycles. The summed E-state index contributed by atoms with van der Waals surface area (Å²) in [5.41, 5.74) is 3.45. The Hall–Kier alpha value is -5.36. The molecule has 12 nitrogen and oxygen atoms in total. The Bertz CT molecular complexity index is 1730. The van der Waals surface area contributed by atoms with Gasteiger partial charge in [0, 0.05) is 66.4 Å². The van der Waals surface area contributed by atoms with Gasteiger partial charge in [0.15, 0.2) is 0 Å². The van der Waals surface area contributed by atoms with Gasteiger partial charge in [0.2, 0.25) is 5.95 Å². The number of carbonyl (C=O) groups is 4. The molecular weight excluding hydrogens is 528 g/mol. The van der Waals surface area contributed by atoms with Crippen molar-refractivity contribution in [3.63, 3.8) is 0 Å². The number of piperazine rings is 1. The maximum absolute atomic E-state index is 13.1. The second kappa shape index (κ2) is 11.4. The van der Waals surface area contributed by atoms with Crippen LogP contribution >= 0.6 is 0 Å². The molecule has 2 aliphatic heterocycles. The van der Waals surface area contributed by atoms with Gasteiger partial charge in [0.25, 0.3) is 11.8 Å². The van der Waals surface area contributed by atoms with Crippen LogP contribution in [-0.4, -0.2) is 87.0 Å². The number of benzene rings is 2. The van der Waals surface area contributed by atoms with Crippen LogP contribution in [0.4, 0.5) is 5.95 Å². The van der Waals surface area contributed by atoms with Crippen LogP contribution in [0.1, 0.15) is 11.3 Å². The van der Waals surface area contributed by atoms with Crippen LogP contribution in [0.5, 0.6) is 0 Å². The molecule has 2 aromatic carbocycles. The fourth-order valence-electron chi connectivity index (χ4n) is 4.76. The number of rotatable bonds is 5. The number of imide groups is 1. The molecule has 0 saturated carbocycles. The molecule has 0 bridgehead atoms. The summed E-state index contributed by atoms with van der Waals surface area (Å²) in [4.78, 5) is 62.5. The third-order valence-electron chi connectivity index (χ3n) is 6.77. The summed E-state index contributed by atoms with van der Waals surface area (Å²) in [5, 5.41) is 19.7. The summed E-state index contributed by atoms with van der Waals surface area (Å²) in [6.07, 6.45) is 2.90. The smallest absolute Gasteiger partial charge is 0.328 e. The molecule has 0 unspecified atom stereocenters. The Morgan fingerprint density at radius 2 is 1.44 bits per heavy atom. The number of hydrogen-bond donors (Lipinski definition) is 4. The predicted octanol–water partition coefficient (Wildman–Crippen LogP) is 2.14. The minimum Gasteiger partial charge on any atom is -0.478 e. The fourth-order valence-corrected chi connectivity index (χ4v) is 4.76. The van der Waals surface area contributed by atoms with Crippen molar-refractivity contribution in [3.8, 4) is 0 Å². The van der Waals surface area contributed by atoms with Crippen LogP contribution in [-0.2, 0) is 19.2 Å². The second-order valence-electron chi connectivity index (χ2n) is 9.47. The van der Waals surface area contributed by atoms with Crippen molar-refractivity contribution in [1.29, 1.82) is 0 Å². The molecule has 4 aromatic rings. The number of H-pyrrole nitrogens is 1. The minimum absolute atomic E-state index is 0.290. The van der Waals surface area contributed by atoms with Crippen LogP contribution in [0, 0.1) is 0 Å². The number of nitrogens with zero attached hydrogens (tertiary/aromatic N) is 4. The molecule has 6 rings (SSSR count). The number of carbonyl (C=O) groups excluding carboxylic acids is 2. The average Bonchev–Trinajstić information content (AvgIpc) is 3.51. The lowest BCUT2D eigenvalue weighted by molar-refractivity contribution is -0.134. The molecule has 4 heterocycles. The number of carboxylic acid groups (broad SMARTS) is 2. The molecule has 4 N–H and O–H groups in total. The molecule has 1 fully saturated rings. The average molecular weight is 555 g/mol. The van der Waals surface area contributed by atoms with E-state index in [1.165, 1.54) is 0 Å². The molecule has 2 aliphatic rings. The van der Waals surface area contributed by atoms with Crippen molar-refractivity contribution in [2.75, 3.05) is 38.1 Å². The molecule has 208 valence electrons. The number of carboxylic acids is 2. The quantitative estimate of drug-likeness (QED) is 0.212. The van der Waals surface area contributed by atoms with Gasteiger partial charge in [0.1, 0.15) is 0 Å². The second-order valence-corrected chi connectivity index (χ2v) is 9.47. The molecule has 0 radical (unpaired) electrons. The van der Waals surface area contributed by atoms with Crippen molar-refractivity contribution in [2.45, 2.75) is 0 Å². The molecule has 41 heavy (non-hydrogen) atoms. The molecule has 0 spiro atoms. The van der Waals surface area contributed by atoms with Gasteiger partial charge in [-0.05, 0) is 19.2 Å². The van der Waals surface area contributed by atoms with Crippen LogP contribution < -0.4 is 10.2 Å². The first-order chi connectivity index (χ1) is 19.7. The minimum atomic E-state index is -1.26. The summed E-state index contributed by atoms with van der Waals surface area (Å²) in [5.74, 6) is -2.79. The number of aromatic nitrogens is 3. The summed E-state index contributed by atoms with van der Waals surface area (Å²) < 4.78 is 0. The maximum atomic E-state index is 13.1. The first-order valence-electron chi connectivity index (χ1n) is 12.7. The van der Waals surface area contributed by atoms with Crippen molar-refractivity contribution in [2.24, 2.45) is 0 Å². The third-order valence-corrected chi connectivity index (χ3v) is 6.77. The van der Waals surface area contributed by atoms with Crippen molar-refractivity contribution in [1.82, 2.24) is 25.2 Å². The monoisotopic (exact) mass is 554 g/mol. The topological polar surface area (TPSA) is 169 Å². The molecule has 2 aromatic heterocycles. The van der Waals surface area contributed by atoms with Crippen LogP contribution in [0.2, 0.25) is 0 Å². The van der Waals surface area contributed by atoms with E-state index in [0.29, 0.717) is 40.5 Å². The largest absolute Gasteiger partial charge is 0.478 e. The van der Waals surface area contributed by atoms with Crippen molar-refractivity contribution in [3.05, 3.63) is 78.1 Å². The third kappa shape index (κ3) is 5.68. The lowest BCUT2D eigenvalue weighted by Crippen LogP contribution is -2.45. The predicted molar refractivity (Wildman–Crippen MR) is 152 cm³/mol.